The number of rotatable bonds is 4. The maximum absolute atomic E-state index is 11.1. The van der Waals surface area contributed by atoms with Gasteiger partial charge in [0.05, 0.1) is 0 Å². The third kappa shape index (κ3) is 2.51. The monoisotopic (exact) mass is 246 g/mol. The topological polar surface area (TPSA) is 85.2 Å². The number of aromatic amines is 1. The molecule has 1 amide bonds. The highest BCUT2D eigenvalue weighted by molar-refractivity contribution is 5.81. The molecular weight excluding hydrogens is 232 g/mol. The fourth-order valence-corrected chi connectivity index (χ4v) is 1.71. The minimum absolute atomic E-state index is 0.153. The van der Waals surface area contributed by atoms with E-state index < -0.39 is 12.0 Å². The van der Waals surface area contributed by atoms with Crippen molar-refractivity contribution in [1.82, 2.24) is 4.98 Å². The molecule has 0 aliphatic heterocycles. The molecule has 0 saturated carbocycles. The van der Waals surface area contributed by atoms with E-state index in [2.05, 4.69) is 4.98 Å². The lowest BCUT2D eigenvalue weighted by atomic mass is 10.2. The van der Waals surface area contributed by atoms with Crippen LogP contribution in [0.2, 0.25) is 0 Å². The third-order valence-corrected chi connectivity index (χ3v) is 2.66. The van der Waals surface area contributed by atoms with Gasteiger partial charge in [0, 0.05) is 17.0 Å². The van der Waals surface area contributed by atoms with Gasteiger partial charge in [0.2, 0.25) is 5.56 Å². The molecule has 0 radical (unpaired) electrons. The molecule has 5 nitrogen and oxygen atoms in total. The van der Waals surface area contributed by atoms with Crippen molar-refractivity contribution in [2.75, 3.05) is 0 Å². The molecule has 1 aromatic carbocycles. The molecular formula is C13H14N2O3. The Balaban J connectivity index is 2.33. The predicted octanol–water partition coefficient (Wildman–Crippen LogP) is 1.17. The average Bonchev–Trinajstić information content (AvgIpc) is 2.35. The second kappa shape index (κ2) is 4.91. The summed E-state index contributed by atoms with van der Waals surface area (Å²) in [5.41, 5.74) is 5.79. The zero-order valence-corrected chi connectivity index (χ0v) is 9.97. The van der Waals surface area contributed by atoms with Crippen LogP contribution in [0.1, 0.15) is 13.3 Å². The number of nitrogens with two attached hydrogens (primary N) is 1. The number of amides is 1. The van der Waals surface area contributed by atoms with Gasteiger partial charge in [-0.1, -0.05) is 6.92 Å². The Hall–Kier alpha value is -2.30. The smallest absolute Gasteiger partial charge is 0.258 e. The van der Waals surface area contributed by atoms with Gasteiger partial charge in [-0.3, -0.25) is 9.59 Å². The maximum atomic E-state index is 11.1. The number of carbonyl (C=O) groups is 1. The number of primary amides is 1. The van der Waals surface area contributed by atoms with E-state index in [0.717, 1.165) is 10.9 Å². The lowest BCUT2D eigenvalue weighted by Gasteiger charge is -2.14. The molecule has 2 rings (SSSR count). The van der Waals surface area contributed by atoms with E-state index in [-0.39, 0.29) is 5.56 Å². The SMILES string of the molecule is CCC(Oc1ccc2[nH]c(=O)ccc2c1)C(N)=O. The molecule has 0 saturated heterocycles. The van der Waals surface area contributed by atoms with Crippen molar-refractivity contribution in [3.8, 4) is 5.75 Å². The zero-order chi connectivity index (χ0) is 13.1. The van der Waals surface area contributed by atoms with Crippen LogP contribution in [0.3, 0.4) is 0 Å². The Morgan fingerprint density at radius 2 is 2.17 bits per heavy atom. The van der Waals surface area contributed by atoms with Crippen molar-refractivity contribution < 1.29 is 9.53 Å². The van der Waals surface area contributed by atoms with E-state index in [1.807, 2.05) is 6.92 Å². The highest BCUT2D eigenvalue weighted by Crippen LogP contribution is 2.19. The Labute approximate surface area is 104 Å². The Morgan fingerprint density at radius 3 is 2.83 bits per heavy atom. The highest BCUT2D eigenvalue weighted by Gasteiger charge is 2.14. The number of hydrogen-bond acceptors (Lipinski definition) is 3. The number of aromatic nitrogens is 1. The van der Waals surface area contributed by atoms with Gasteiger partial charge in [-0.05, 0) is 30.7 Å². The van der Waals surface area contributed by atoms with Gasteiger partial charge >= 0.3 is 0 Å². The van der Waals surface area contributed by atoms with Crippen LogP contribution >= 0.6 is 0 Å². The predicted molar refractivity (Wildman–Crippen MR) is 68.5 cm³/mol. The molecule has 1 aromatic heterocycles. The average molecular weight is 246 g/mol. The molecule has 18 heavy (non-hydrogen) atoms. The Kier molecular flexibility index (Phi) is 3.32. The normalized spacial score (nSPS) is 12.3. The van der Waals surface area contributed by atoms with Crippen LogP contribution < -0.4 is 16.0 Å². The molecule has 0 aliphatic carbocycles. The molecule has 0 bridgehead atoms. The molecule has 1 heterocycles. The third-order valence-electron chi connectivity index (χ3n) is 2.66. The van der Waals surface area contributed by atoms with E-state index in [4.69, 9.17) is 10.5 Å². The molecule has 2 aromatic rings. The largest absolute Gasteiger partial charge is 0.481 e. The van der Waals surface area contributed by atoms with Gasteiger partial charge in [0.25, 0.3) is 5.91 Å². The van der Waals surface area contributed by atoms with Crippen molar-refractivity contribution in [1.29, 1.82) is 0 Å². The Morgan fingerprint density at radius 1 is 1.39 bits per heavy atom. The van der Waals surface area contributed by atoms with Crippen LogP contribution in [0.25, 0.3) is 10.9 Å². The molecule has 0 fully saturated rings. The first kappa shape index (κ1) is 12.2. The first-order valence-electron chi connectivity index (χ1n) is 5.69. The van der Waals surface area contributed by atoms with Crippen LogP contribution in [-0.4, -0.2) is 17.0 Å². The summed E-state index contributed by atoms with van der Waals surface area (Å²) >= 11 is 0. The minimum Gasteiger partial charge on any atom is -0.481 e. The van der Waals surface area contributed by atoms with Crippen LogP contribution in [-0.2, 0) is 4.79 Å². The first-order chi connectivity index (χ1) is 8.60. The second-order valence-electron chi connectivity index (χ2n) is 3.99. The molecule has 1 atom stereocenters. The van der Waals surface area contributed by atoms with Crippen molar-refractivity contribution in [2.45, 2.75) is 19.4 Å². The zero-order valence-electron chi connectivity index (χ0n) is 9.97. The lowest BCUT2D eigenvalue weighted by molar-refractivity contribution is -0.124. The van der Waals surface area contributed by atoms with Crippen LogP contribution in [0.4, 0.5) is 0 Å². The van der Waals surface area contributed by atoms with E-state index >= 15 is 0 Å². The number of pyridine rings is 1. The fourth-order valence-electron chi connectivity index (χ4n) is 1.71. The first-order valence-corrected chi connectivity index (χ1v) is 5.69. The van der Waals surface area contributed by atoms with E-state index in [1.54, 1.807) is 24.3 Å². The maximum Gasteiger partial charge on any atom is 0.258 e. The van der Waals surface area contributed by atoms with Gasteiger partial charge in [0.15, 0.2) is 6.10 Å². The van der Waals surface area contributed by atoms with Crippen molar-refractivity contribution in [2.24, 2.45) is 5.73 Å². The van der Waals surface area contributed by atoms with Crippen LogP contribution in [0.5, 0.6) is 5.75 Å². The summed E-state index contributed by atoms with van der Waals surface area (Å²) in [6, 6.07) is 8.34. The number of nitrogens with one attached hydrogen (secondary N) is 1. The Bertz CT molecular complexity index is 633. The van der Waals surface area contributed by atoms with Gasteiger partial charge in [-0.2, -0.15) is 0 Å². The highest BCUT2D eigenvalue weighted by atomic mass is 16.5. The van der Waals surface area contributed by atoms with Gasteiger partial charge in [-0.15, -0.1) is 0 Å². The lowest BCUT2D eigenvalue weighted by Crippen LogP contribution is -2.32. The van der Waals surface area contributed by atoms with Gasteiger partial charge < -0.3 is 15.5 Å². The molecule has 3 N–H and O–H groups in total. The number of carbonyl (C=O) groups excluding carboxylic acids is 1. The van der Waals surface area contributed by atoms with Crippen LogP contribution in [0.15, 0.2) is 35.1 Å². The number of benzene rings is 1. The summed E-state index contributed by atoms with van der Waals surface area (Å²) in [5, 5.41) is 0.839. The molecule has 1 unspecified atom stereocenters. The molecule has 5 heteroatoms. The van der Waals surface area contributed by atoms with E-state index in [1.165, 1.54) is 6.07 Å². The summed E-state index contributed by atoms with van der Waals surface area (Å²) < 4.78 is 5.50. The number of H-pyrrole nitrogens is 1. The van der Waals surface area contributed by atoms with Crippen molar-refractivity contribution >= 4 is 16.8 Å². The quantitative estimate of drug-likeness (QED) is 0.849. The van der Waals surface area contributed by atoms with Crippen LogP contribution in [0, 0.1) is 0 Å². The minimum atomic E-state index is -0.634. The van der Waals surface area contributed by atoms with Gasteiger partial charge in [-0.25, -0.2) is 0 Å². The van der Waals surface area contributed by atoms with E-state index in [9.17, 15) is 9.59 Å². The number of ether oxygens (including phenoxy) is 1. The summed E-state index contributed by atoms with van der Waals surface area (Å²) in [5.74, 6) is 0.0688. The molecule has 0 spiro atoms. The number of fused-ring (bicyclic) bond motifs is 1. The summed E-state index contributed by atoms with van der Waals surface area (Å²) in [7, 11) is 0. The molecule has 0 aliphatic rings. The fraction of sp³-hybridized carbons (Fsp3) is 0.231. The van der Waals surface area contributed by atoms with Crippen molar-refractivity contribution in [3.05, 3.63) is 40.7 Å². The summed E-state index contributed by atoms with van der Waals surface area (Å²) in [4.78, 5) is 24.9. The number of hydrogen-bond donors (Lipinski definition) is 2. The summed E-state index contributed by atoms with van der Waals surface area (Å²) in [6.07, 6.45) is -0.121. The van der Waals surface area contributed by atoms with Gasteiger partial charge in [0.1, 0.15) is 5.75 Å². The molecule has 94 valence electrons. The second-order valence-corrected chi connectivity index (χ2v) is 3.99. The van der Waals surface area contributed by atoms with E-state index in [0.29, 0.717) is 12.2 Å². The summed E-state index contributed by atoms with van der Waals surface area (Å²) in [6.45, 7) is 1.83. The standard InChI is InChI=1S/C13H14N2O3/c1-2-11(13(14)17)18-9-4-5-10-8(7-9)3-6-12(16)15-10/h3-7,11H,2H2,1H3,(H2,14,17)(H,15,16). The van der Waals surface area contributed by atoms with Crippen molar-refractivity contribution in [3.63, 3.8) is 0 Å².